The highest BCUT2D eigenvalue weighted by Crippen LogP contribution is 2.26. The first-order chi connectivity index (χ1) is 10.9. The molecule has 0 N–H and O–H groups in total. The third-order valence-corrected chi connectivity index (χ3v) is 4.96. The normalized spacial score (nSPS) is 11.1. The zero-order valence-electron chi connectivity index (χ0n) is 11.5. The van der Waals surface area contributed by atoms with Gasteiger partial charge in [-0.25, -0.2) is 4.98 Å². The van der Waals surface area contributed by atoms with E-state index in [4.69, 9.17) is 0 Å². The molecular weight excluding hydrogens is 314 g/mol. The van der Waals surface area contributed by atoms with Crippen LogP contribution < -0.4 is 0 Å². The maximum atomic E-state index is 4.64. The Balaban J connectivity index is 1.52. The summed E-state index contributed by atoms with van der Waals surface area (Å²) in [6, 6.07) is 11.7. The van der Waals surface area contributed by atoms with Crippen molar-refractivity contribution in [2.45, 2.75) is 10.9 Å². The van der Waals surface area contributed by atoms with Gasteiger partial charge in [-0.05, 0) is 24.3 Å². The number of pyridine rings is 2. The van der Waals surface area contributed by atoms with Gasteiger partial charge in [-0.15, -0.1) is 21.5 Å². The zero-order chi connectivity index (χ0) is 14.8. The SMILES string of the molecule is c1ccc(-c2nc(CSc3nnc4ccccn34)cs2)nc1. The van der Waals surface area contributed by atoms with Gasteiger partial charge in [0.1, 0.15) is 5.01 Å². The molecule has 108 valence electrons. The maximum absolute atomic E-state index is 4.64. The number of thiazole rings is 1. The van der Waals surface area contributed by atoms with E-state index in [2.05, 4.69) is 25.5 Å². The summed E-state index contributed by atoms with van der Waals surface area (Å²) in [4.78, 5) is 8.97. The molecule has 0 unspecified atom stereocenters. The van der Waals surface area contributed by atoms with Gasteiger partial charge >= 0.3 is 0 Å². The molecule has 7 heteroatoms. The third kappa shape index (κ3) is 2.60. The van der Waals surface area contributed by atoms with Crippen LogP contribution in [-0.4, -0.2) is 24.6 Å². The van der Waals surface area contributed by atoms with Gasteiger partial charge in [0.15, 0.2) is 10.8 Å². The molecule has 0 radical (unpaired) electrons. The van der Waals surface area contributed by atoms with E-state index in [-0.39, 0.29) is 0 Å². The summed E-state index contributed by atoms with van der Waals surface area (Å²) in [7, 11) is 0. The summed E-state index contributed by atoms with van der Waals surface area (Å²) >= 11 is 3.24. The van der Waals surface area contributed by atoms with Crippen LogP contribution in [0.2, 0.25) is 0 Å². The van der Waals surface area contributed by atoms with Gasteiger partial charge in [0.05, 0.1) is 11.4 Å². The van der Waals surface area contributed by atoms with Gasteiger partial charge in [0, 0.05) is 23.5 Å². The van der Waals surface area contributed by atoms with Crippen LogP contribution in [0.5, 0.6) is 0 Å². The Hall–Kier alpha value is -2.25. The third-order valence-electron chi connectivity index (χ3n) is 3.07. The minimum atomic E-state index is 0.763. The lowest BCUT2D eigenvalue weighted by molar-refractivity contribution is 0.920. The molecule has 4 rings (SSSR count). The van der Waals surface area contributed by atoms with E-state index in [1.807, 2.05) is 47.0 Å². The minimum Gasteiger partial charge on any atom is -0.277 e. The summed E-state index contributed by atoms with van der Waals surface area (Å²) in [5.74, 6) is 0.763. The second kappa shape index (κ2) is 5.86. The molecule has 4 aromatic heterocycles. The predicted octanol–water partition coefficient (Wildman–Crippen LogP) is 3.54. The van der Waals surface area contributed by atoms with Gasteiger partial charge < -0.3 is 0 Å². The Bertz CT molecular complexity index is 900. The monoisotopic (exact) mass is 325 g/mol. The van der Waals surface area contributed by atoms with Crippen molar-refractivity contribution in [2.24, 2.45) is 0 Å². The van der Waals surface area contributed by atoms with Crippen LogP contribution in [0.3, 0.4) is 0 Å². The second-order valence-corrected chi connectivity index (χ2v) is 6.36. The fourth-order valence-electron chi connectivity index (χ4n) is 2.04. The molecule has 0 saturated heterocycles. The fourth-order valence-corrected chi connectivity index (χ4v) is 3.75. The Labute approximate surface area is 135 Å². The van der Waals surface area contributed by atoms with E-state index in [9.17, 15) is 0 Å². The molecule has 0 aromatic carbocycles. The van der Waals surface area contributed by atoms with E-state index < -0.39 is 0 Å². The van der Waals surface area contributed by atoms with Crippen molar-refractivity contribution in [3.05, 3.63) is 59.9 Å². The lowest BCUT2D eigenvalue weighted by atomic mass is 10.4. The van der Waals surface area contributed by atoms with Gasteiger partial charge in [-0.1, -0.05) is 23.9 Å². The first kappa shape index (κ1) is 13.4. The molecule has 0 atom stereocenters. The molecule has 0 amide bonds. The highest BCUT2D eigenvalue weighted by molar-refractivity contribution is 7.98. The van der Waals surface area contributed by atoms with Gasteiger partial charge in [0.25, 0.3) is 0 Å². The van der Waals surface area contributed by atoms with Gasteiger partial charge in [0.2, 0.25) is 0 Å². The Morgan fingerprint density at radius 2 is 2.05 bits per heavy atom. The maximum Gasteiger partial charge on any atom is 0.195 e. The smallest absolute Gasteiger partial charge is 0.195 e. The zero-order valence-corrected chi connectivity index (χ0v) is 13.1. The second-order valence-electron chi connectivity index (χ2n) is 4.56. The summed E-state index contributed by atoms with van der Waals surface area (Å²) in [6.07, 6.45) is 3.76. The lowest BCUT2D eigenvalue weighted by Crippen LogP contribution is -1.88. The van der Waals surface area contributed by atoms with Crippen LogP contribution >= 0.6 is 23.1 Å². The van der Waals surface area contributed by atoms with Crippen molar-refractivity contribution in [3.63, 3.8) is 0 Å². The largest absolute Gasteiger partial charge is 0.277 e. The number of fused-ring (bicyclic) bond motifs is 1. The summed E-state index contributed by atoms with van der Waals surface area (Å²) in [5.41, 5.74) is 2.80. The summed E-state index contributed by atoms with van der Waals surface area (Å²) in [5, 5.41) is 12.3. The van der Waals surface area contributed by atoms with Crippen LogP contribution in [0.4, 0.5) is 0 Å². The molecule has 0 bridgehead atoms. The standard InChI is InChI=1S/C15H11N5S2/c1-3-7-16-12(5-1)14-17-11(9-21-14)10-22-15-19-18-13-6-2-4-8-20(13)15/h1-9H,10H2. The molecule has 0 spiro atoms. The predicted molar refractivity (Wildman–Crippen MR) is 87.9 cm³/mol. The minimum absolute atomic E-state index is 0.763. The van der Waals surface area contributed by atoms with Crippen LogP contribution in [0.1, 0.15) is 5.69 Å². The topological polar surface area (TPSA) is 56.0 Å². The highest BCUT2D eigenvalue weighted by Gasteiger charge is 2.09. The van der Waals surface area contributed by atoms with Crippen molar-refractivity contribution in [1.82, 2.24) is 24.6 Å². The van der Waals surface area contributed by atoms with Crippen LogP contribution in [0, 0.1) is 0 Å². The number of hydrogen-bond acceptors (Lipinski definition) is 6. The first-order valence-corrected chi connectivity index (χ1v) is 8.55. The number of nitrogens with zero attached hydrogens (tertiary/aromatic N) is 5. The van der Waals surface area contributed by atoms with Crippen molar-refractivity contribution >= 4 is 28.7 Å². The van der Waals surface area contributed by atoms with Crippen molar-refractivity contribution in [1.29, 1.82) is 0 Å². The van der Waals surface area contributed by atoms with E-state index >= 15 is 0 Å². The van der Waals surface area contributed by atoms with E-state index in [1.165, 1.54) is 0 Å². The first-order valence-electron chi connectivity index (χ1n) is 6.68. The van der Waals surface area contributed by atoms with Gasteiger partial charge in [-0.3, -0.25) is 9.38 Å². The molecule has 4 aromatic rings. The quantitative estimate of drug-likeness (QED) is 0.537. The summed E-state index contributed by atoms with van der Waals surface area (Å²) in [6.45, 7) is 0. The molecule has 0 aliphatic carbocycles. The Kier molecular flexibility index (Phi) is 3.57. The van der Waals surface area contributed by atoms with Crippen LogP contribution in [-0.2, 0) is 5.75 Å². The number of rotatable bonds is 4. The average molecular weight is 325 g/mol. The molecule has 0 fully saturated rings. The lowest BCUT2D eigenvalue weighted by Gasteiger charge is -1.97. The molecule has 4 heterocycles. The Morgan fingerprint density at radius 3 is 2.95 bits per heavy atom. The molecule has 0 aliphatic heterocycles. The van der Waals surface area contributed by atoms with Gasteiger partial charge in [-0.2, -0.15) is 0 Å². The van der Waals surface area contributed by atoms with E-state index in [0.29, 0.717) is 0 Å². The van der Waals surface area contributed by atoms with Crippen molar-refractivity contribution in [3.8, 4) is 10.7 Å². The molecule has 0 saturated carbocycles. The van der Waals surface area contributed by atoms with Crippen LogP contribution in [0.15, 0.2) is 59.3 Å². The number of aromatic nitrogens is 5. The number of hydrogen-bond donors (Lipinski definition) is 0. The fraction of sp³-hybridized carbons (Fsp3) is 0.0667. The highest BCUT2D eigenvalue weighted by atomic mass is 32.2. The molecule has 22 heavy (non-hydrogen) atoms. The summed E-state index contributed by atoms with van der Waals surface area (Å²) < 4.78 is 1.98. The number of thioether (sulfide) groups is 1. The van der Waals surface area contributed by atoms with Crippen molar-refractivity contribution in [2.75, 3.05) is 0 Å². The molecule has 5 nitrogen and oxygen atoms in total. The van der Waals surface area contributed by atoms with Crippen molar-refractivity contribution < 1.29 is 0 Å². The van der Waals surface area contributed by atoms with E-state index in [0.717, 1.165) is 33.0 Å². The van der Waals surface area contributed by atoms with Crippen LogP contribution in [0.25, 0.3) is 16.3 Å². The average Bonchev–Trinajstić information content (AvgIpc) is 3.21. The molecule has 0 aliphatic rings. The van der Waals surface area contributed by atoms with E-state index in [1.54, 1.807) is 29.3 Å². The Morgan fingerprint density at radius 1 is 1.09 bits per heavy atom. The molecular formula is C15H11N5S2.